The highest BCUT2D eigenvalue weighted by atomic mass is 16.6. The van der Waals surface area contributed by atoms with Crippen molar-refractivity contribution in [2.45, 2.75) is 6.61 Å². The van der Waals surface area contributed by atoms with Crippen molar-refractivity contribution >= 4 is 22.1 Å². The fourth-order valence-electron chi connectivity index (χ4n) is 3.30. The third kappa shape index (κ3) is 3.10. The molecular weight excluding hydrogens is 382 g/mol. The molecule has 0 amide bonds. The van der Waals surface area contributed by atoms with Crippen molar-refractivity contribution in [3.05, 3.63) is 94.5 Å². The summed E-state index contributed by atoms with van der Waals surface area (Å²) in [5.74, 6) is 0.945. The van der Waals surface area contributed by atoms with Crippen LogP contribution < -0.4 is 4.74 Å². The molecule has 0 fully saturated rings. The predicted molar refractivity (Wildman–Crippen MR) is 111 cm³/mol. The van der Waals surface area contributed by atoms with Gasteiger partial charge in [0, 0.05) is 28.5 Å². The molecule has 0 saturated carbocycles. The molecule has 3 aromatic carbocycles. The van der Waals surface area contributed by atoms with Crippen LogP contribution in [0.1, 0.15) is 5.56 Å². The fourth-order valence-corrected chi connectivity index (χ4v) is 3.30. The number of fused-ring (bicyclic) bond motifs is 3. The summed E-state index contributed by atoms with van der Waals surface area (Å²) in [5, 5.41) is 25.9. The van der Waals surface area contributed by atoms with E-state index in [-0.39, 0.29) is 5.69 Å². The van der Waals surface area contributed by atoms with Gasteiger partial charge < -0.3 is 4.74 Å². The van der Waals surface area contributed by atoms with E-state index in [9.17, 15) is 10.1 Å². The topological polar surface area (TPSA) is 95.5 Å². The van der Waals surface area contributed by atoms with Gasteiger partial charge in [0.05, 0.1) is 4.92 Å². The summed E-state index contributed by atoms with van der Waals surface area (Å²) in [5.41, 5.74) is 2.30. The molecule has 0 aliphatic heterocycles. The monoisotopic (exact) mass is 397 g/mol. The molecular formula is C22H15N5O3. The SMILES string of the molecule is O=[N+]([O-])c1ccc(-c2nnc3c4ccccc4c(OCc4ccccc4)nn23)cc1. The molecule has 0 radical (unpaired) electrons. The minimum atomic E-state index is -0.438. The second-order valence-electron chi connectivity index (χ2n) is 6.69. The normalized spacial score (nSPS) is 11.1. The Morgan fingerprint density at radius 3 is 2.30 bits per heavy atom. The van der Waals surface area contributed by atoms with Crippen LogP contribution in [0.15, 0.2) is 78.9 Å². The maximum absolute atomic E-state index is 10.9. The van der Waals surface area contributed by atoms with Crippen LogP contribution in [0, 0.1) is 10.1 Å². The van der Waals surface area contributed by atoms with Crippen LogP contribution in [0.4, 0.5) is 5.69 Å². The van der Waals surface area contributed by atoms with Gasteiger partial charge in [0.1, 0.15) is 6.61 Å². The first kappa shape index (κ1) is 17.7. The molecule has 5 aromatic rings. The summed E-state index contributed by atoms with van der Waals surface area (Å²) >= 11 is 0. The van der Waals surface area contributed by atoms with Gasteiger partial charge >= 0.3 is 0 Å². The molecule has 8 nitrogen and oxygen atoms in total. The molecule has 0 N–H and O–H groups in total. The van der Waals surface area contributed by atoms with Crippen LogP contribution >= 0.6 is 0 Å². The molecule has 0 aliphatic carbocycles. The molecule has 8 heteroatoms. The first-order valence-corrected chi connectivity index (χ1v) is 9.26. The molecule has 0 atom stereocenters. The summed E-state index contributed by atoms with van der Waals surface area (Å²) < 4.78 is 7.66. The minimum Gasteiger partial charge on any atom is -0.471 e. The maximum atomic E-state index is 10.9. The van der Waals surface area contributed by atoms with Crippen LogP contribution in [-0.4, -0.2) is 24.7 Å². The average molecular weight is 397 g/mol. The van der Waals surface area contributed by atoms with Crippen LogP contribution in [0.3, 0.4) is 0 Å². The molecule has 0 unspecified atom stereocenters. The van der Waals surface area contributed by atoms with Gasteiger partial charge in [-0.3, -0.25) is 10.1 Å². The number of aromatic nitrogens is 4. The van der Waals surface area contributed by atoms with Crippen molar-refractivity contribution in [1.82, 2.24) is 19.8 Å². The van der Waals surface area contributed by atoms with Gasteiger partial charge in [0.2, 0.25) is 5.88 Å². The van der Waals surface area contributed by atoms with Gasteiger partial charge in [-0.15, -0.1) is 15.3 Å². The van der Waals surface area contributed by atoms with Crippen molar-refractivity contribution in [3.63, 3.8) is 0 Å². The summed E-state index contributed by atoms with van der Waals surface area (Å²) in [7, 11) is 0. The molecule has 0 aliphatic rings. The smallest absolute Gasteiger partial charge is 0.269 e. The number of ether oxygens (including phenoxy) is 1. The van der Waals surface area contributed by atoms with Crippen molar-refractivity contribution in [1.29, 1.82) is 0 Å². The second-order valence-corrected chi connectivity index (χ2v) is 6.69. The predicted octanol–water partition coefficient (Wildman–Crippen LogP) is 4.43. The zero-order valence-corrected chi connectivity index (χ0v) is 15.7. The molecule has 146 valence electrons. The molecule has 30 heavy (non-hydrogen) atoms. The largest absolute Gasteiger partial charge is 0.471 e. The standard InChI is InChI=1S/C22H15N5O3/c28-27(29)17-12-10-16(11-13-17)20-23-24-21-18-8-4-5-9-19(18)22(25-26(20)21)30-14-15-6-2-1-3-7-15/h1-13H,14H2. The summed E-state index contributed by atoms with van der Waals surface area (Å²) in [6.45, 7) is 0.373. The summed E-state index contributed by atoms with van der Waals surface area (Å²) in [6.07, 6.45) is 0. The average Bonchev–Trinajstić information content (AvgIpc) is 3.22. The summed E-state index contributed by atoms with van der Waals surface area (Å²) in [4.78, 5) is 10.5. The number of nitro groups is 1. The van der Waals surface area contributed by atoms with Crippen LogP contribution in [0.5, 0.6) is 5.88 Å². The Balaban J connectivity index is 1.62. The molecule has 0 bridgehead atoms. The van der Waals surface area contributed by atoms with Crippen molar-refractivity contribution in [3.8, 4) is 17.3 Å². The number of benzene rings is 3. The lowest BCUT2D eigenvalue weighted by molar-refractivity contribution is -0.384. The van der Waals surface area contributed by atoms with E-state index in [1.807, 2.05) is 54.6 Å². The molecule has 2 heterocycles. The molecule has 5 rings (SSSR count). The van der Waals surface area contributed by atoms with Gasteiger partial charge in [-0.1, -0.05) is 48.5 Å². The van der Waals surface area contributed by atoms with Crippen LogP contribution in [0.2, 0.25) is 0 Å². The van der Waals surface area contributed by atoms with E-state index in [0.29, 0.717) is 29.5 Å². The Kier molecular flexibility index (Phi) is 4.29. The Morgan fingerprint density at radius 2 is 1.57 bits per heavy atom. The first-order valence-electron chi connectivity index (χ1n) is 9.26. The highest BCUT2D eigenvalue weighted by molar-refractivity contribution is 5.97. The van der Waals surface area contributed by atoms with Crippen LogP contribution in [-0.2, 0) is 6.61 Å². The Morgan fingerprint density at radius 1 is 0.867 bits per heavy atom. The third-order valence-corrected chi connectivity index (χ3v) is 4.78. The molecule has 0 saturated heterocycles. The Labute approximate surface area is 170 Å². The lowest BCUT2D eigenvalue weighted by Crippen LogP contribution is -2.03. The van der Waals surface area contributed by atoms with Crippen molar-refractivity contribution < 1.29 is 9.66 Å². The third-order valence-electron chi connectivity index (χ3n) is 4.78. The van der Waals surface area contributed by atoms with E-state index in [1.54, 1.807) is 16.6 Å². The number of rotatable bonds is 5. The number of nitro benzene ring substituents is 1. The van der Waals surface area contributed by atoms with Crippen molar-refractivity contribution in [2.24, 2.45) is 0 Å². The van der Waals surface area contributed by atoms with E-state index >= 15 is 0 Å². The van der Waals surface area contributed by atoms with E-state index in [4.69, 9.17) is 4.74 Å². The minimum absolute atomic E-state index is 0.0119. The van der Waals surface area contributed by atoms with Crippen molar-refractivity contribution in [2.75, 3.05) is 0 Å². The van der Waals surface area contributed by atoms with Gasteiger partial charge in [-0.05, 0) is 23.8 Å². The fraction of sp³-hybridized carbons (Fsp3) is 0.0455. The molecule has 0 spiro atoms. The lowest BCUT2D eigenvalue weighted by atomic mass is 10.2. The van der Waals surface area contributed by atoms with Gasteiger partial charge in [0.25, 0.3) is 5.69 Å². The van der Waals surface area contributed by atoms with Gasteiger partial charge in [-0.25, -0.2) is 0 Å². The summed E-state index contributed by atoms with van der Waals surface area (Å²) in [6, 6.07) is 23.7. The first-order chi connectivity index (χ1) is 14.7. The highest BCUT2D eigenvalue weighted by Crippen LogP contribution is 2.29. The van der Waals surface area contributed by atoms with Gasteiger partial charge in [0.15, 0.2) is 11.5 Å². The van der Waals surface area contributed by atoms with Crippen LogP contribution in [0.25, 0.3) is 27.8 Å². The number of hydrogen-bond acceptors (Lipinski definition) is 6. The number of hydrogen-bond donors (Lipinski definition) is 0. The number of non-ortho nitro benzene ring substituents is 1. The van der Waals surface area contributed by atoms with E-state index in [0.717, 1.165) is 16.3 Å². The van der Waals surface area contributed by atoms with Gasteiger partial charge in [-0.2, -0.15) is 4.52 Å². The quantitative estimate of drug-likeness (QED) is 0.322. The second kappa shape index (κ2) is 7.25. The van der Waals surface area contributed by atoms with E-state index < -0.39 is 4.92 Å². The van der Waals surface area contributed by atoms with E-state index in [2.05, 4.69) is 15.3 Å². The van der Waals surface area contributed by atoms with E-state index in [1.165, 1.54) is 12.1 Å². The Hall–Kier alpha value is -4.33. The zero-order valence-electron chi connectivity index (χ0n) is 15.7. The maximum Gasteiger partial charge on any atom is 0.269 e. The molecule has 2 aromatic heterocycles. The zero-order chi connectivity index (χ0) is 20.5. The number of nitrogens with zero attached hydrogens (tertiary/aromatic N) is 5. The lowest BCUT2D eigenvalue weighted by Gasteiger charge is -2.10. The Bertz CT molecular complexity index is 1360. The highest BCUT2D eigenvalue weighted by Gasteiger charge is 2.17.